The van der Waals surface area contributed by atoms with Crippen LogP contribution in [-0.2, 0) is 0 Å². The van der Waals surface area contributed by atoms with Crippen LogP contribution in [0.5, 0.6) is 5.75 Å². The average Bonchev–Trinajstić information content (AvgIpc) is 2.28. The lowest BCUT2D eigenvalue weighted by atomic mass is 9.87. The van der Waals surface area contributed by atoms with E-state index in [0.29, 0.717) is 30.9 Å². The van der Waals surface area contributed by atoms with Crippen molar-refractivity contribution < 1.29 is 13.5 Å². The highest BCUT2D eigenvalue weighted by atomic mass is 19.3. The first-order valence-electron chi connectivity index (χ1n) is 5.91. The van der Waals surface area contributed by atoms with Gasteiger partial charge in [-0.3, -0.25) is 0 Å². The highest BCUT2D eigenvalue weighted by Gasteiger charge is 2.34. The fourth-order valence-electron chi connectivity index (χ4n) is 2.09. The number of ether oxygens (including phenoxy) is 1. The number of nitrogen functional groups attached to an aromatic ring is 1. The zero-order valence-corrected chi connectivity index (χ0v) is 9.66. The van der Waals surface area contributed by atoms with E-state index in [1.165, 1.54) is 0 Å². The molecule has 0 saturated heterocycles. The number of benzene rings is 1. The Kier molecular flexibility index (Phi) is 3.50. The van der Waals surface area contributed by atoms with Gasteiger partial charge in [0.15, 0.2) is 0 Å². The van der Waals surface area contributed by atoms with Crippen molar-refractivity contribution in [2.75, 3.05) is 12.3 Å². The predicted molar refractivity (Wildman–Crippen MR) is 63.3 cm³/mol. The molecule has 1 fully saturated rings. The molecule has 0 aliphatic heterocycles. The molecular weight excluding hydrogens is 224 g/mol. The van der Waals surface area contributed by atoms with Gasteiger partial charge in [0.1, 0.15) is 5.75 Å². The molecule has 1 aliphatic rings. The van der Waals surface area contributed by atoms with Crippen LogP contribution < -0.4 is 10.5 Å². The van der Waals surface area contributed by atoms with E-state index in [0.717, 1.165) is 0 Å². The molecule has 0 spiro atoms. The lowest BCUT2D eigenvalue weighted by Gasteiger charge is -2.28. The van der Waals surface area contributed by atoms with Crippen molar-refractivity contribution >= 4 is 5.69 Å². The molecule has 0 heterocycles. The summed E-state index contributed by atoms with van der Waals surface area (Å²) < 4.78 is 31.4. The molecule has 0 amide bonds. The van der Waals surface area contributed by atoms with Crippen LogP contribution in [0.3, 0.4) is 0 Å². The van der Waals surface area contributed by atoms with E-state index in [9.17, 15) is 8.78 Å². The van der Waals surface area contributed by atoms with Gasteiger partial charge >= 0.3 is 0 Å². The maximum atomic E-state index is 12.9. The second-order valence-corrected chi connectivity index (χ2v) is 4.68. The number of nitrogens with two attached hydrogens (primary N) is 1. The quantitative estimate of drug-likeness (QED) is 0.822. The Morgan fingerprint density at radius 2 is 2.00 bits per heavy atom. The molecule has 94 valence electrons. The van der Waals surface area contributed by atoms with Crippen molar-refractivity contribution in [2.45, 2.75) is 31.6 Å². The highest BCUT2D eigenvalue weighted by molar-refractivity contribution is 5.43. The summed E-state index contributed by atoms with van der Waals surface area (Å²) in [6, 6.07) is 7.18. The molecule has 2 nitrogen and oxygen atoms in total. The highest BCUT2D eigenvalue weighted by Crippen LogP contribution is 2.36. The van der Waals surface area contributed by atoms with Crippen LogP contribution in [0.15, 0.2) is 24.3 Å². The summed E-state index contributed by atoms with van der Waals surface area (Å²) in [5.41, 5.74) is 6.27. The minimum absolute atomic E-state index is 0.0159. The van der Waals surface area contributed by atoms with Crippen LogP contribution in [0.1, 0.15) is 25.7 Å². The number of alkyl halides is 2. The molecule has 17 heavy (non-hydrogen) atoms. The third kappa shape index (κ3) is 3.58. The van der Waals surface area contributed by atoms with Crippen LogP contribution in [0.4, 0.5) is 14.5 Å². The van der Waals surface area contributed by atoms with Crippen molar-refractivity contribution in [1.82, 2.24) is 0 Å². The van der Waals surface area contributed by atoms with Gasteiger partial charge < -0.3 is 10.5 Å². The molecule has 2 rings (SSSR count). The molecule has 1 saturated carbocycles. The van der Waals surface area contributed by atoms with Gasteiger partial charge in [-0.05, 0) is 30.9 Å². The number of hydrogen-bond acceptors (Lipinski definition) is 2. The van der Waals surface area contributed by atoms with E-state index in [2.05, 4.69) is 0 Å². The van der Waals surface area contributed by atoms with Gasteiger partial charge in [0.25, 0.3) is 0 Å². The first-order valence-corrected chi connectivity index (χ1v) is 5.91. The molecule has 0 bridgehead atoms. The number of rotatable bonds is 3. The maximum absolute atomic E-state index is 12.9. The summed E-state index contributed by atoms with van der Waals surface area (Å²) in [7, 11) is 0. The largest absolute Gasteiger partial charge is 0.493 e. The molecule has 0 aromatic heterocycles. The molecular formula is C13H17F2NO. The lowest BCUT2D eigenvalue weighted by molar-refractivity contribution is -0.0498. The van der Waals surface area contributed by atoms with E-state index in [-0.39, 0.29) is 18.8 Å². The van der Waals surface area contributed by atoms with E-state index in [1.807, 2.05) is 12.1 Å². The topological polar surface area (TPSA) is 35.2 Å². The number of anilines is 1. The average molecular weight is 241 g/mol. The zero-order valence-electron chi connectivity index (χ0n) is 9.66. The predicted octanol–water partition coefficient (Wildman–Crippen LogP) is 3.47. The summed E-state index contributed by atoms with van der Waals surface area (Å²) in [4.78, 5) is 0. The molecule has 1 aromatic rings. The van der Waals surface area contributed by atoms with Crippen molar-refractivity contribution in [3.8, 4) is 5.75 Å². The minimum atomic E-state index is -2.46. The Bertz CT molecular complexity index is 371. The van der Waals surface area contributed by atoms with Gasteiger partial charge in [0, 0.05) is 24.6 Å². The van der Waals surface area contributed by atoms with Gasteiger partial charge in [0.2, 0.25) is 5.92 Å². The molecule has 4 heteroatoms. The van der Waals surface area contributed by atoms with E-state index >= 15 is 0 Å². The SMILES string of the molecule is Nc1cccc(OCC2CCC(F)(F)CC2)c1. The lowest BCUT2D eigenvalue weighted by Crippen LogP contribution is -2.27. The normalized spacial score (nSPS) is 20.1. The Labute approximate surface area is 99.8 Å². The maximum Gasteiger partial charge on any atom is 0.248 e. The Morgan fingerprint density at radius 3 is 2.65 bits per heavy atom. The van der Waals surface area contributed by atoms with Crippen LogP contribution in [0.25, 0.3) is 0 Å². The zero-order chi connectivity index (χ0) is 12.3. The Morgan fingerprint density at radius 1 is 1.29 bits per heavy atom. The van der Waals surface area contributed by atoms with Gasteiger partial charge in [-0.2, -0.15) is 0 Å². The van der Waals surface area contributed by atoms with Crippen molar-refractivity contribution in [3.63, 3.8) is 0 Å². The molecule has 0 atom stereocenters. The standard InChI is InChI=1S/C13H17F2NO/c14-13(15)6-4-10(5-7-13)9-17-12-3-1-2-11(16)8-12/h1-3,8,10H,4-7,9,16H2. The molecule has 0 unspecified atom stereocenters. The molecule has 2 N–H and O–H groups in total. The third-order valence-corrected chi connectivity index (χ3v) is 3.18. The van der Waals surface area contributed by atoms with Crippen molar-refractivity contribution in [2.24, 2.45) is 5.92 Å². The summed E-state index contributed by atoms with van der Waals surface area (Å²) >= 11 is 0. The van der Waals surface area contributed by atoms with Crippen LogP contribution >= 0.6 is 0 Å². The van der Waals surface area contributed by atoms with E-state index < -0.39 is 5.92 Å². The van der Waals surface area contributed by atoms with Crippen LogP contribution in [0, 0.1) is 5.92 Å². The molecule has 1 aliphatic carbocycles. The third-order valence-electron chi connectivity index (χ3n) is 3.18. The smallest absolute Gasteiger partial charge is 0.248 e. The molecule has 1 aromatic carbocycles. The second kappa shape index (κ2) is 4.90. The first-order chi connectivity index (χ1) is 8.05. The monoisotopic (exact) mass is 241 g/mol. The minimum Gasteiger partial charge on any atom is -0.493 e. The van der Waals surface area contributed by atoms with E-state index in [1.54, 1.807) is 12.1 Å². The Balaban J connectivity index is 1.80. The fourth-order valence-corrected chi connectivity index (χ4v) is 2.09. The van der Waals surface area contributed by atoms with Gasteiger partial charge in [-0.25, -0.2) is 8.78 Å². The summed E-state index contributed by atoms with van der Waals surface area (Å²) in [6.45, 7) is 0.500. The number of halogens is 2. The Hall–Kier alpha value is -1.32. The summed E-state index contributed by atoms with van der Waals surface area (Å²) in [5.74, 6) is -1.52. The molecule has 0 radical (unpaired) electrons. The van der Waals surface area contributed by atoms with Gasteiger partial charge in [0.05, 0.1) is 6.61 Å². The summed E-state index contributed by atoms with van der Waals surface area (Å²) in [6.07, 6.45) is 1.04. The first kappa shape index (κ1) is 12.1. The fraction of sp³-hybridized carbons (Fsp3) is 0.538. The van der Waals surface area contributed by atoms with Gasteiger partial charge in [-0.1, -0.05) is 6.07 Å². The van der Waals surface area contributed by atoms with Crippen LogP contribution in [-0.4, -0.2) is 12.5 Å². The second-order valence-electron chi connectivity index (χ2n) is 4.68. The van der Waals surface area contributed by atoms with Crippen LogP contribution in [0.2, 0.25) is 0 Å². The summed E-state index contributed by atoms with van der Waals surface area (Å²) in [5, 5.41) is 0. The number of hydrogen-bond donors (Lipinski definition) is 1. The van der Waals surface area contributed by atoms with Crippen molar-refractivity contribution in [1.29, 1.82) is 0 Å². The van der Waals surface area contributed by atoms with Crippen molar-refractivity contribution in [3.05, 3.63) is 24.3 Å². The van der Waals surface area contributed by atoms with Gasteiger partial charge in [-0.15, -0.1) is 0 Å². The van der Waals surface area contributed by atoms with E-state index in [4.69, 9.17) is 10.5 Å².